The van der Waals surface area contributed by atoms with Crippen molar-refractivity contribution in [1.29, 1.82) is 0 Å². The van der Waals surface area contributed by atoms with Gasteiger partial charge in [-0.2, -0.15) is 0 Å². The highest BCUT2D eigenvalue weighted by Crippen LogP contribution is 2.42. The molecule has 2 aliphatic heterocycles. The minimum absolute atomic E-state index is 0.134. The van der Waals surface area contributed by atoms with Gasteiger partial charge in [0.25, 0.3) is 0 Å². The van der Waals surface area contributed by atoms with Crippen molar-refractivity contribution >= 4 is 18.1 Å². The summed E-state index contributed by atoms with van der Waals surface area (Å²) >= 11 is 0. The minimum atomic E-state index is 0.134. The molecule has 0 aromatic heterocycles. The lowest BCUT2D eigenvalue weighted by molar-refractivity contribution is -0.137. The van der Waals surface area contributed by atoms with E-state index in [2.05, 4.69) is 53.5 Å². The van der Waals surface area contributed by atoms with Gasteiger partial charge < -0.3 is 14.9 Å². The molecule has 2 aromatic rings. The highest BCUT2D eigenvalue weighted by atomic mass is 16.3. The van der Waals surface area contributed by atoms with Crippen LogP contribution < -0.4 is 0 Å². The number of carbonyl (C=O) groups is 1. The van der Waals surface area contributed by atoms with Crippen molar-refractivity contribution in [1.82, 2.24) is 14.7 Å². The minimum Gasteiger partial charge on any atom is -0.395 e. The molecule has 5 heteroatoms. The van der Waals surface area contributed by atoms with E-state index in [1.165, 1.54) is 11.1 Å². The first-order valence-electron chi connectivity index (χ1n) is 11.7. The standard InChI is InChI=1S/C27H35N3O2/c1-28(2)19-26(32)29-16-6-7-17-30-24(18-29)27(25(30)20-31)23-14-12-22(13-15-23)11-10-21-8-4-3-5-9-21/h3-5,8-15,24-25,27,31H,6-7,16-20H2,1-2H3/b11-10+/t24-,25-,27-/m1/s1. The van der Waals surface area contributed by atoms with Crippen LogP contribution in [-0.2, 0) is 4.79 Å². The van der Waals surface area contributed by atoms with Crippen LogP contribution in [0.5, 0.6) is 0 Å². The first-order valence-corrected chi connectivity index (χ1v) is 11.7. The fourth-order valence-corrected chi connectivity index (χ4v) is 5.12. The first kappa shape index (κ1) is 22.7. The van der Waals surface area contributed by atoms with Crippen molar-refractivity contribution < 1.29 is 9.90 Å². The van der Waals surface area contributed by atoms with Gasteiger partial charge in [0, 0.05) is 31.1 Å². The van der Waals surface area contributed by atoms with E-state index >= 15 is 0 Å². The van der Waals surface area contributed by atoms with E-state index in [4.69, 9.17) is 0 Å². The average molecular weight is 434 g/mol. The molecule has 170 valence electrons. The Kier molecular flexibility index (Phi) is 7.40. The SMILES string of the molecule is CN(C)CC(=O)N1CCCCN2[C@H](CO)[C@H](c3ccc(/C=C/c4ccccc4)cc3)[C@H]2C1. The number of likely N-dealkylation sites (N-methyl/N-ethyl adjacent to an activating group) is 1. The Morgan fingerprint density at radius 2 is 1.66 bits per heavy atom. The van der Waals surface area contributed by atoms with Gasteiger partial charge in [0.1, 0.15) is 0 Å². The average Bonchev–Trinajstić information content (AvgIpc) is 2.77. The Labute approximate surface area is 191 Å². The number of carbonyl (C=O) groups excluding carboxylic acids is 1. The highest BCUT2D eigenvalue weighted by molar-refractivity contribution is 5.78. The Hall–Kier alpha value is -2.47. The van der Waals surface area contributed by atoms with Gasteiger partial charge in [0.2, 0.25) is 5.91 Å². The maximum absolute atomic E-state index is 12.8. The second-order valence-electron chi connectivity index (χ2n) is 9.28. The number of nitrogens with zero attached hydrogens (tertiary/aromatic N) is 3. The van der Waals surface area contributed by atoms with Crippen LogP contribution in [-0.4, -0.2) is 84.7 Å². The molecule has 0 spiro atoms. The molecule has 32 heavy (non-hydrogen) atoms. The molecule has 3 atom stereocenters. The summed E-state index contributed by atoms with van der Waals surface area (Å²) in [4.78, 5) is 19.2. The van der Waals surface area contributed by atoms with Gasteiger partial charge in [-0.25, -0.2) is 0 Å². The molecule has 0 bridgehead atoms. The number of aliphatic hydroxyl groups is 1. The van der Waals surface area contributed by atoms with Gasteiger partial charge in [0.05, 0.1) is 13.2 Å². The second kappa shape index (κ2) is 10.4. The Morgan fingerprint density at radius 1 is 1.00 bits per heavy atom. The van der Waals surface area contributed by atoms with Crippen LogP contribution in [0.25, 0.3) is 12.2 Å². The summed E-state index contributed by atoms with van der Waals surface area (Å²) in [7, 11) is 3.88. The number of hydrogen-bond acceptors (Lipinski definition) is 4. The van der Waals surface area contributed by atoms with Crippen molar-refractivity contribution in [3.63, 3.8) is 0 Å². The van der Waals surface area contributed by atoms with Gasteiger partial charge in [-0.05, 0) is 50.2 Å². The van der Waals surface area contributed by atoms with Crippen molar-refractivity contribution in [2.24, 2.45) is 0 Å². The van der Waals surface area contributed by atoms with Gasteiger partial charge in [-0.3, -0.25) is 9.69 Å². The van der Waals surface area contributed by atoms with Crippen LogP contribution in [0.15, 0.2) is 54.6 Å². The summed E-state index contributed by atoms with van der Waals surface area (Å²) in [6.45, 7) is 3.17. The van der Waals surface area contributed by atoms with E-state index in [0.29, 0.717) is 6.54 Å². The molecule has 2 aliphatic rings. The lowest BCUT2D eigenvalue weighted by atomic mass is 9.74. The summed E-state index contributed by atoms with van der Waals surface area (Å²) < 4.78 is 0. The molecule has 2 heterocycles. The van der Waals surface area contributed by atoms with E-state index in [1.54, 1.807) is 0 Å². The first-order chi connectivity index (χ1) is 15.6. The zero-order valence-electron chi connectivity index (χ0n) is 19.2. The van der Waals surface area contributed by atoms with Crippen molar-refractivity contribution in [3.05, 3.63) is 71.3 Å². The van der Waals surface area contributed by atoms with Crippen molar-refractivity contribution in [3.8, 4) is 0 Å². The zero-order chi connectivity index (χ0) is 22.5. The summed E-state index contributed by atoms with van der Waals surface area (Å²) in [5.41, 5.74) is 3.60. The predicted molar refractivity (Wildman–Crippen MR) is 130 cm³/mol. The molecule has 2 aromatic carbocycles. The van der Waals surface area contributed by atoms with Gasteiger partial charge in [0.15, 0.2) is 0 Å². The van der Waals surface area contributed by atoms with Crippen LogP contribution in [0.2, 0.25) is 0 Å². The lowest BCUT2D eigenvalue weighted by Crippen LogP contribution is -2.68. The highest BCUT2D eigenvalue weighted by Gasteiger charge is 2.49. The quantitative estimate of drug-likeness (QED) is 0.711. The van der Waals surface area contributed by atoms with E-state index in [9.17, 15) is 9.90 Å². The zero-order valence-corrected chi connectivity index (χ0v) is 19.2. The molecular weight excluding hydrogens is 398 g/mol. The molecule has 2 saturated heterocycles. The molecule has 1 N–H and O–H groups in total. The summed E-state index contributed by atoms with van der Waals surface area (Å²) in [6.07, 6.45) is 6.34. The van der Waals surface area contributed by atoms with E-state index in [0.717, 1.165) is 38.0 Å². The maximum Gasteiger partial charge on any atom is 0.236 e. The molecule has 5 nitrogen and oxygen atoms in total. The molecule has 0 radical (unpaired) electrons. The van der Waals surface area contributed by atoms with Crippen LogP contribution in [0.4, 0.5) is 0 Å². The maximum atomic E-state index is 12.8. The molecule has 2 fully saturated rings. The van der Waals surface area contributed by atoms with Crippen LogP contribution in [0.1, 0.15) is 35.4 Å². The number of benzene rings is 2. The van der Waals surface area contributed by atoms with Crippen molar-refractivity contribution in [2.75, 3.05) is 46.9 Å². The Balaban J connectivity index is 1.49. The molecule has 0 unspecified atom stereocenters. The van der Waals surface area contributed by atoms with E-state index in [1.807, 2.05) is 42.1 Å². The predicted octanol–water partition coefficient (Wildman–Crippen LogP) is 3.17. The topological polar surface area (TPSA) is 47.0 Å². The normalized spacial score (nSPS) is 24.1. The Morgan fingerprint density at radius 3 is 2.31 bits per heavy atom. The third-order valence-electron chi connectivity index (χ3n) is 6.76. The largest absolute Gasteiger partial charge is 0.395 e. The molecule has 4 rings (SSSR count). The molecular formula is C27H35N3O2. The summed E-state index contributed by atoms with van der Waals surface area (Å²) in [6, 6.07) is 19.4. The number of aliphatic hydroxyl groups excluding tert-OH is 1. The summed E-state index contributed by atoms with van der Waals surface area (Å²) in [5, 5.41) is 10.1. The molecule has 0 saturated carbocycles. The number of fused-ring (bicyclic) bond motifs is 1. The smallest absolute Gasteiger partial charge is 0.236 e. The monoisotopic (exact) mass is 433 g/mol. The van der Waals surface area contributed by atoms with Gasteiger partial charge in [-0.15, -0.1) is 0 Å². The fraction of sp³-hybridized carbons (Fsp3) is 0.444. The van der Waals surface area contributed by atoms with Crippen LogP contribution in [0, 0.1) is 0 Å². The number of rotatable bonds is 6. The van der Waals surface area contributed by atoms with E-state index in [-0.39, 0.29) is 30.5 Å². The Bertz CT molecular complexity index is 910. The van der Waals surface area contributed by atoms with Crippen LogP contribution >= 0.6 is 0 Å². The third kappa shape index (κ3) is 5.12. The second-order valence-corrected chi connectivity index (χ2v) is 9.28. The van der Waals surface area contributed by atoms with Crippen molar-refractivity contribution in [2.45, 2.75) is 30.8 Å². The lowest BCUT2D eigenvalue weighted by Gasteiger charge is -2.57. The number of hydrogen-bond donors (Lipinski definition) is 1. The van der Waals surface area contributed by atoms with E-state index < -0.39 is 0 Å². The van der Waals surface area contributed by atoms with Gasteiger partial charge in [-0.1, -0.05) is 66.7 Å². The molecule has 1 amide bonds. The summed E-state index contributed by atoms with van der Waals surface area (Å²) in [5.74, 6) is 0.448. The fourth-order valence-electron chi connectivity index (χ4n) is 5.12. The number of amides is 1. The van der Waals surface area contributed by atoms with Gasteiger partial charge >= 0.3 is 0 Å². The third-order valence-corrected chi connectivity index (χ3v) is 6.76. The molecule has 0 aliphatic carbocycles. The van der Waals surface area contributed by atoms with Crippen LogP contribution in [0.3, 0.4) is 0 Å².